The van der Waals surface area contributed by atoms with Crippen molar-refractivity contribution < 1.29 is 13.6 Å². The lowest BCUT2D eigenvalue weighted by molar-refractivity contribution is -0.116. The number of nitrogens with zero attached hydrogens (tertiary/aromatic N) is 3. The van der Waals surface area contributed by atoms with Gasteiger partial charge in [0.05, 0.1) is 5.75 Å². The van der Waals surface area contributed by atoms with Crippen LogP contribution in [0.2, 0.25) is 0 Å². The van der Waals surface area contributed by atoms with E-state index < -0.39 is 0 Å². The van der Waals surface area contributed by atoms with Gasteiger partial charge in [-0.05, 0) is 74.5 Å². The van der Waals surface area contributed by atoms with Crippen molar-refractivity contribution in [1.29, 1.82) is 0 Å². The smallest absolute Gasteiger partial charge is 0.277 e. The van der Waals surface area contributed by atoms with E-state index in [1.54, 1.807) is 17.0 Å². The number of carbonyl (C=O) groups is 1. The molecule has 0 aliphatic heterocycles. The number of carbonyl (C=O) groups excluding carboxylic acids is 1. The van der Waals surface area contributed by atoms with Crippen molar-refractivity contribution in [3.63, 3.8) is 0 Å². The molecule has 168 valence electrons. The summed E-state index contributed by atoms with van der Waals surface area (Å²) in [6, 6.07) is 23.4. The zero-order chi connectivity index (χ0) is 23.2. The van der Waals surface area contributed by atoms with E-state index >= 15 is 0 Å². The second-order valence-corrected chi connectivity index (χ2v) is 8.49. The molecule has 0 saturated carbocycles. The van der Waals surface area contributed by atoms with E-state index in [-0.39, 0.29) is 34.6 Å². The number of thioether (sulfide) groups is 1. The number of hydrogen-bond acceptors (Lipinski definition) is 6. The summed E-state index contributed by atoms with van der Waals surface area (Å²) in [6.45, 7) is 3.94. The third-order valence-electron chi connectivity index (χ3n) is 4.81. The average Bonchev–Trinajstić information content (AvgIpc) is 3.29. The largest absolute Gasteiger partial charge is 0.411 e. The summed E-state index contributed by atoms with van der Waals surface area (Å²) >= 11 is 1.17. The fourth-order valence-electron chi connectivity index (χ4n) is 3.29. The summed E-state index contributed by atoms with van der Waals surface area (Å²) in [5.74, 6) is 0.0244. The highest BCUT2D eigenvalue weighted by Crippen LogP contribution is 2.26. The molecule has 0 saturated heterocycles. The minimum atomic E-state index is -0.337. The Hall–Kier alpha value is -3.65. The number of nitrogens with one attached hydrogen (secondary N) is 1. The van der Waals surface area contributed by atoms with Crippen molar-refractivity contribution in [2.75, 3.05) is 16.0 Å². The van der Waals surface area contributed by atoms with Crippen LogP contribution in [0.15, 0.2) is 88.5 Å². The number of hydrogen-bond donors (Lipinski definition) is 1. The molecule has 0 aliphatic carbocycles. The number of rotatable bonds is 8. The number of benzene rings is 3. The van der Waals surface area contributed by atoms with Gasteiger partial charge in [-0.15, -0.1) is 10.2 Å². The third-order valence-corrected chi connectivity index (χ3v) is 5.61. The van der Waals surface area contributed by atoms with Crippen molar-refractivity contribution >= 4 is 34.7 Å². The molecule has 0 radical (unpaired) electrons. The van der Waals surface area contributed by atoms with Crippen LogP contribution in [0.4, 0.5) is 21.5 Å². The molecule has 8 heteroatoms. The quantitative estimate of drug-likeness (QED) is 0.317. The summed E-state index contributed by atoms with van der Waals surface area (Å²) in [4.78, 5) is 14.8. The minimum absolute atomic E-state index is 0.0245. The lowest BCUT2D eigenvalue weighted by Gasteiger charge is -2.27. The summed E-state index contributed by atoms with van der Waals surface area (Å²) < 4.78 is 18.7. The highest BCUT2D eigenvalue weighted by atomic mass is 32.2. The lowest BCUT2D eigenvalue weighted by atomic mass is 10.2. The van der Waals surface area contributed by atoms with Gasteiger partial charge in [-0.2, -0.15) is 0 Å². The Morgan fingerprint density at radius 2 is 1.64 bits per heavy atom. The average molecular weight is 463 g/mol. The molecule has 0 aliphatic rings. The predicted octanol–water partition coefficient (Wildman–Crippen LogP) is 6.15. The van der Waals surface area contributed by atoms with E-state index in [0.717, 1.165) is 17.1 Å². The van der Waals surface area contributed by atoms with Gasteiger partial charge in [-0.1, -0.05) is 30.0 Å². The highest BCUT2D eigenvalue weighted by Gasteiger charge is 2.20. The van der Waals surface area contributed by atoms with E-state index in [4.69, 9.17) is 4.42 Å². The standard InChI is InChI=1S/C25H23FN4O2S/c1-17(2)30(22-14-12-21(13-15-22)27-20-6-4-3-5-7-20)23(31)16-33-25-29-28-24(32-25)18-8-10-19(26)11-9-18/h3-15,17,27H,16H2,1-2H3. The Morgan fingerprint density at radius 1 is 0.970 bits per heavy atom. The molecular weight excluding hydrogens is 439 g/mol. The number of anilines is 3. The second kappa shape index (κ2) is 10.3. The third kappa shape index (κ3) is 5.78. The molecule has 0 spiro atoms. The molecule has 33 heavy (non-hydrogen) atoms. The molecule has 0 unspecified atom stereocenters. The van der Waals surface area contributed by atoms with Crippen LogP contribution in [0.25, 0.3) is 11.5 Å². The van der Waals surface area contributed by atoms with Crippen LogP contribution in [0, 0.1) is 5.82 Å². The topological polar surface area (TPSA) is 71.3 Å². The van der Waals surface area contributed by atoms with Crippen LogP contribution in [-0.4, -0.2) is 27.9 Å². The Balaban J connectivity index is 1.40. The molecule has 1 heterocycles. The number of halogens is 1. The van der Waals surface area contributed by atoms with Gasteiger partial charge in [0.1, 0.15) is 5.82 Å². The van der Waals surface area contributed by atoms with Gasteiger partial charge in [0.25, 0.3) is 5.22 Å². The van der Waals surface area contributed by atoms with Gasteiger partial charge in [0.2, 0.25) is 11.8 Å². The van der Waals surface area contributed by atoms with Gasteiger partial charge >= 0.3 is 0 Å². The van der Waals surface area contributed by atoms with Crippen molar-refractivity contribution in [2.45, 2.75) is 25.1 Å². The fourth-order valence-corrected chi connectivity index (χ4v) is 3.92. The molecule has 4 aromatic rings. The van der Waals surface area contributed by atoms with Gasteiger partial charge < -0.3 is 14.6 Å². The van der Waals surface area contributed by atoms with Gasteiger partial charge in [-0.25, -0.2) is 4.39 Å². The van der Waals surface area contributed by atoms with E-state index in [9.17, 15) is 9.18 Å². The predicted molar refractivity (Wildman–Crippen MR) is 129 cm³/mol. The Kier molecular flexibility index (Phi) is 7.04. The minimum Gasteiger partial charge on any atom is -0.411 e. The molecule has 1 amide bonds. The molecule has 3 aromatic carbocycles. The zero-order valence-electron chi connectivity index (χ0n) is 18.2. The highest BCUT2D eigenvalue weighted by molar-refractivity contribution is 7.99. The SMILES string of the molecule is CC(C)N(C(=O)CSc1nnc(-c2ccc(F)cc2)o1)c1ccc(Nc2ccccc2)cc1. The molecule has 0 bridgehead atoms. The first-order chi connectivity index (χ1) is 16.0. The number of para-hydroxylation sites is 1. The van der Waals surface area contributed by atoms with Crippen LogP contribution in [0.5, 0.6) is 0 Å². The van der Waals surface area contributed by atoms with Crippen LogP contribution in [0.1, 0.15) is 13.8 Å². The normalized spacial score (nSPS) is 10.9. The van der Waals surface area contributed by atoms with Crippen molar-refractivity contribution in [3.05, 3.63) is 84.7 Å². The maximum Gasteiger partial charge on any atom is 0.277 e. The molecule has 1 N–H and O–H groups in total. The van der Waals surface area contributed by atoms with Crippen LogP contribution >= 0.6 is 11.8 Å². The monoisotopic (exact) mass is 462 g/mol. The molecule has 0 fully saturated rings. The van der Waals surface area contributed by atoms with Crippen molar-refractivity contribution in [3.8, 4) is 11.5 Å². The van der Waals surface area contributed by atoms with Gasteiger partial charge in [0.15, 0.2) is 0 Å². The Morgan fingerprint density at radius 3 is 2.30 bits per heavy atom. The first-order valence-electron chi connectivity index (χ1n) is 10.5. The van der Waals surface area contributed by atoms with Crippen molar-refractivity contribution in [1.82, 2.24) is 10.2 Å². The molecule has 4 rings (SSSR count). The van der Waals surface area contributed by atoms with Gasteiger partial charge in [-0.3, -0.25) is 4.79 Å². The Labute approximate surface area is 195 Å². The summed E-state index contributed by atoms with van der Waals surface area (Å²) in [5, 5.41) is 11.6. The summed E-state index contributed by atoms with van der Waals surface area (Å²) in [5.41, 5.74) is 3.37. The van der Waals surface area contributed by atoms with Crippen LogP contribution < -0.4 is 10.2 Å². The summed E-state index contributed by atoms with van der Waals surface area (Å²) in [7, 11) is 0. The van der Waals surface area contributed by atoms with Crippen LogP contribution in [-0.2, 0) is 4.79 Å². The maximum absolute atomic E-state index is 13.1. The van der Waals surface area contributed by atoms with Gasteiger partial charge in [0, 0.05) is 28.7 Å². The fraction of sp³-hybridized carbons (Fsp3) is 0.160. The first kappa shape index (κ1) is 22.5. The van der Waals surface area contributed by atoms with E-state index in [1.807, 2.05) is 68.4 Å². The van der Waals surface area contributed by atoms with E-state index in [2.05, 4.69) is 15.5 Å². The van der Waals surface area contributed by atoms with Crippen molar-refractivity contribution in [2.24, 2.45) is 0 Å². The zero-order valence-corrected chi connectivity index (χ0v) is 19.1. The molecule has 6 nitrogen and oxygen atoms in total. The molecular formula is C25H23FN4O2S. The maximum atomic E-state index is 13.1. The number of amides is 1. The molecule has 0 atom stereocenters. The second-order valence-electron chi connectivity index (χ2n) is 7.56. The Bertz CT molecular complexity index is 1200. The first-order valence-corrected chi connectivity index (χ1v) is 11.4. The summed E-state index contributed by atoms with van der Waals surface area (Å²) in [6.07, 6.45) is 0. The lowest BCUT2D eigenvalue weighted by Crippen LogP contribution is -2.38. The van der Waals surface area contributed by atoms with E-state index in [0.29, 0.717) is 5.56 Å². The van der Waals surface area contributed by atoms with Crippen LogP contribution in [0.3, 0.4) is 0 Å². The number of aromatic nitrogens is 2. The van der Waals surface area contributed by atoms with E-state index in [1.165, 1.54) is 23.9 Å². The molecule has 1 aromatic heterocycles.